The first-order valence-corrected chi connectivity index (χ1v) is 7.00. The molecule has 116 valence electrons. The van der Waals surface area contributed by atoms with E-state index < -0.39 is 0 Å². The summed E-state index contributed by atoms with van der Waals surface area (Å²) in [6, 6.07) is 0. The zero-order chi connectivity index (χ0) is 14.8. The molecule has 0 spiro atoms. The van der Waals surface area contributed by atoms with Crippen molar-refractivity contribution in [3.05, 3.63) is 0 Å². The molecule has 0 aromatic carbocycles. The minimum absolute atomic E-state index is 0.282. The normalized spacial score (nSPS) is 9.47. The van der Waals surface area contributed by atoms with Crippen molar-refractivity contribution in [3.63, 3.8) is 0 Å². The number of amides is 1. The van der Waals surface area contributed by atoms with Gasteiger partial charge in [-0.3, -0.25) is 22.5 Å². The van der Waals surface area contributed by atoms with Crippen LogP contribution >= 0.6 is 0 Å². The zero-order valence-electron chi connectivity index (χ0n) is 12.3. The second-order valence-corrected chi connectivity index (χ2v) is 4.09. The van der Waals surface area contributed by atoms with Gasteiger partial charge in [0, 0.05) is 19.6 Å². The number of alkyl carbamates (subject to hydrolysis) is 1. The molecule has 0 saturated carbocycles. The van der Waals surface area contributed by atoms with Crippen molar-refractivity contribution in [2.24, 2.45) is 11.7 Å². The minimum atomic E-state index is -0.390. The van der Waals surface area contributed by atoms with E-state index in [2.05, 4.69) is 30.0 Å². The Morgan fingerprint density at radius 3 is 2.00 bits per heavy atom. The van der Waals surface area contributed by atoms with Gasteiger partial charge in [0.15, 0.2) is 0 Å². The first-order valence-electron chi connectivity index (χ1n) is 7.00. The van der Waals surface area contributed by atoms with Gasteiger partial charge in [-0.2, -0.15) is 0 Å². The second kappa shape index (κ2) is 19.4. The Bertz CT molecular complexity index is 182. The summed E-state index contributed by atoms with van der Waals surface area (Å²) >= 11 is 0. The fourth-order valence-electron chi connectivity index (χ4n) is 1.15. The maximum absolute atomic E-state index is 11.0. The number of rotatable bonds is 10. The third-order valence-corrected chi connectivity index (χ3v) is 2.00. The monoisotopic (exact) mass is 277 g/mol. The number of nitrogens with two attached hydrogens (primary N) is 2. The van der Waals surface area contributed by atoms with Crippen molar-refractivity contribution < 1.29 is 9.53 Å². The van der Waals surface area contributed by atoms with Crippen LogP contribution < -0.4 is 27.9 Å². The van der Waals surface area contributed by atoms with Gasteiger partial charge in [0.1, 0.15) is 6.61 Å². The van der Waals surface area contributed by atoms with E-state index in [-0.39, 0.29) is 12.7 Å². The third kappa shape index (κ3) is 22.7. The third-order valence-electron chi connectivity index (χ3n) is 2.00. The summed E-state index contributed by atoms with van der Waals surface area (Å²) in [4.78, 5) is 11.0. The minimum Gasteiger partial charge on any atom is -0.448 e. The number of carbonyl (C=O) groups excluding carboxylic acids is 1. The Kier molecular flexibility index (Phi) is 20.9. The first kappa shape index (κ1) is 20.4. The highest BCUT2D eigenvalue weighted by Crippen LogP contribution is 1.97. The van der Waals surface area contributed by atoms with Gasteiger partial charge in [-0.05, 0) is 12.8 Å². The van der Waals surface area contributed by atoms with Crippen LogP contribution in [-0.2, 0) is 4.74 Å². The van der Waals surface area contributed by atoms with Gasteiger partial charge < -0.3 is 10.1 Å². The summed E-state index contributed by atoms with van der Waals surface area (Å²) in [5.41, 5.74) is 5.00. The smallest absolute Gasteiger partial charge is 0.407 e. The van der Waals surface area contributed by atoms with Gasteiger partial charge in [0.05, 0.1) is 0 Å². The first-order chi connectivity index (χ1) is 9.22. The van der Waals surface area contributed by atoms with E-state index in [9.17, 15) is 4.79 Å². The van der Waals surface area contributed by atoms with Crippen LogP contribution in [0.15, 0.2) is 0 Å². The molecular formula is C12H31N5O2. The lowest BCUT2D eigenvalue weighted by Gasteiger charge is -2.06. The molecule has 0 heterocycles. The maximum atomic E-state index is 11.0. The van der Waals surface area contributed by atoms with E-state index >= 15 is 0 Å². The van der Waals surface area contributed by atoms with Gasteiger partial charge in [0.25, 0.3) is 0 Å². The summed E-state index contributed by atoms with van der Waals surface area (Å²) in [6.45, 7) is 6.47. The molecule has 0 rings (SSSR count). The summed E-state index contributed by atoms with van der Waals surface area (Å²) in [5.74, 6) is 10.1. The van der Waals surface area contributed by atoms with Crippen molar-refractivity contribution in [1.82, 2.24) is 16.2 Å². The number of carbonyl (C=O) groups is 1. The molecule has 0 unspecified atom stereocenters. The van der Waals surface area contributed by atoms with Crippen LogP contribution in [0, 0.1) is 0 Å². The lowest BCUT2D eigenvalue weighted by Crippen LogP contribution is -2.31. The van der Waals surface area contributed by atoms with Gasteiger partial charge in [0.2, 0.25) is 0 Å². The topological polar surface area (TPSA) is 114 Å². The summed E-state index contributed by atoms with van der Waals surface area (Å²) in [7, 11) is 0. The van der Waals surface area contributed by atoms with Crippen LogP contribution in [0.25, 0.3) is 0 Å². The Labute approximate surface area is 116 Å². The van der Waals surface area contributed by atoms with Crippen LogP contribution in [-0.4, -0.2) is 32.3 Å². The average Bonchev–Trinajstić information content (AvgIpc) is 2.39. The largest absolute Gasteiger partial charge is 0.448 e. The van der Waals surface area contributed by atoms with Crippen LogP contribution in [0.4, 0.5) is 4.79 Å². The molecule has 19 heavy (non-hydrogen) atoms. The molecule has 0 aromatic heterocycles. The highest BCUT2D eigenvalue weighted by Gasteiger charge is 1.99. The Hall–Kier alpha value is -0.890. The van der Waals surface area contributed by atoms with E-state index in [1.165, 1.54) is 6.42 Å². The number of hydrogen-bond donors (Lipinski definition) is 5. The van der Waals surface area contributed by atoms with Crippen LogP contribution in [0.1, 0.15) is 46.0 Å². The molecule has 7 nitrogen and oxygen atoms in total. The zero-order valence-corrected chi connectivity index (χ0v) is 12.3. The molecule has 0 aliphatic rings. The highest BCUT2D eigenvalue weighted by molar-refractivity contribution is 5.66. The van der Waals surface area contributed by atoms with E-state index in [4.69, 9.17) is 16.4 Å². The van der Waals surface area contributed by atoms with Crippen LogP contribution in [0.2, 0.25) is 0 Å². The van der Waals surface area contributed by atoms with Gasteiger partial charge in [-0.25, -0.2) is 4.79 Å². The number of nitrogens with one attached hydrogen (secondary N) is 3. The average molecular weight is 277 g/mol. The van der Waals surface area contributed by atoms with E-state index in [1.807, 2.05) is 0 Å². The van der Waals surface area contributed by atoms with Gasteiger partial charge in [-0.1, -0.05) is 33.1 Å². The molecule has 0 aromatic rings. The van der Waals surface area contributed by atoms with E-state index in [0.29, 0.717) is 13.1 Å². The molecule has 0 bridgehead atoms. The molecule has 0 fully saturated rings. The number of ether oxygens (including phenoxy) is 1. The van der Waals surface area contributed by atoms with Gasteiger partial charge >= 0.3 is 6.09 Å². The number of hydrazine groups is 2. The van der Waals surface area contributed by atoms with Crippen LogP contribution in [0.3, 0.4) is 0 Å². The second-order valence-electron chi connectivity index (χ2n) is 4.09. The lowest BCUT2D eigenvalue weighted by molar-refractivity contribution is 0.146. The van der Waals surface area contributed by atoms with Crippen LogP contribution in [0.5, 0.6) is 0 Å². The standard InChI is InChI=1S/C9H23N5O2.C3H8/c10-13-6-4-2-1-3-5-12-9(15)16-8-7-14-11;1-3-2/h13-14H,1-8,10-11H2,(H,12,15);3H2,1-2H3. The van der Waals surface area contributed by atoms with E-state index in [1.54, 1.807) is 0 Å². The fourth-order valence-corrected chi connectivity index (χ4v) is 1.15. The molecule has 7 N–H and O–H groups in total. The van der Waals surface area contributed by atoms with Crippen molar-refractivity contribution in [2.45, 2.75) is 46.0 Å². The lowest BCUT2D eigenvalue weighted by atomic mass is 10.2. The van der Waals surface area contributed by atoms with Crippen molar-refractivity contribution in [3.8, 4) is 0 Å². The maximum Gasteiger partial charge on any atom is 0.407 e. The predicted molar refractivity (Wildman–Crippen MR) is 78.2 cm³/mol. The summed E-state index contributed by atoms with van der Waals surface area (Å²) in [5, 5.41) is 2.66. The van der Waals surface area contributed by atoms with Crippen molar-refractivity contribution >= 4 is 6.09 Å². The summed E-state index contributed by atoms with van der Waals surface area (Å²) < 4.78 is 4.81. The number of hydrogen-bond acceptors (Lipinski definition) is 6. The Balaban J connectivity index is 0. The molecule has 1 amide bonds. The Morgan fingerprint density at radius 2 is 1.47 bits per heavy atom. The summed E-state index contributed by atoms with van der Waals surface area (Å²) in [6.07, 6.45) is 5.06. The van der Waals surface area contributed by atoms with Crippen molar-refractivity contribution in [2.75, 3.05) is 26.2 Å². The fraction of sp³-hybridized carbons (Fsp3) is 0.917. The Morgan fingerprint density at radius 1 is 0.947 bits per heavy atom. The molecule has 0 aliphatic carbocycles. The SMILES string of the molecule is CCC.NNCCCCCCNC(=O)OCCNN. The van der Waals surface area contributed by atoms with Crippen molar-refractivity contribution in [1.29, 1.82) is 0 Å². The van der Waals surface area contributed by atoms with E-state index in [0.717, 1.165) is 32.2 Å². The highest BCUT2D eigenvalue weighted by atomic mass is 16.5. The van der Waals surface area contributed by atoms with Gasteiger partial charge in [-0.15, -0.1) is 0 Å². The molecule has 0 saturated heterocycles. The molecule has 0 radical (unpaired) electrons. The predicted octanol–water partition coefficient (Wildman–Crippen LogP) is 0.616. The number of unbranched alkanes of at least 4 members (excludes halogenated alkanes) is 3. The molecule has 0 aliphatic heterocycles. The molecule has 0 atom stereocenters. The molecular weight excluding hydrogens is 246 g/mol. The quantitative estimate of drug-likeness (QED) is 0.227. The molecule has 7 heteroatoms.